The van der Waals surface area contributed by atoms with Gasteiger partial charge in [0.15, 0.2) is 5.84 Å². The molecule has 1 fully saturated rings. The van der Waals surface area contributed by atoms with Crippen LogP contribution in [-0.4, -0.2) is 29.8 Å². The van der Waals surface area contributed by atoms with E-state index >= 15 is 0 Å². The van der Waals surface area contributed by atoms with Gasteiger partial charge in [0, 0.05) is 21.8 Å². The Balaban J connectivity index is 2.44. The SMILES string of the molecule is N/C(=N/O)c1ccc(Br)cc1N(CC(F)(F)F)C1CC1. The van der Waals surface area contributed by atoms with Crippen molar-refractivity contribution in [3.05, 3.63) is 28.2 Å². The quantitative estimate of drug-likeness (QED) is 0.379. The summed E-state index contributed by atoms with van der Waals surface area (Å²) in [6.45, 7) is -1.06. The molecule has 0 bridgehead atoms. The molecule has 3 N–H and O–H groups in total. The van der Waals surface area contributed by atoms with Gasteiger partial charge < -0.3 is 15.8 Å². The van der Waals surface area contributed by atoms with E-state index in [4.69, 9.17) is 10.9 Å². The Morgan fingerprint density at radius 2 is 2.10 bits per heavy atom. The minimum Gasteiger partial charge on any atom is -0.409 e. The van der Waals surface area contributed by atoms with E-state index in [0.717, 1.165) is 0 Å². The summed E-state index contributed by atoms with van der Waals surface area (Å²) < 4.78 is 38.8. The van der Waals surface area contributed by atoms with Crippen molar-refractivity contribution in [2.24, 2.45) is 10.9 Å². The van der Waals surface area contributed by atoms with Crippen LogP contribution in [-0.2, 0) is 0 Å². The van der Waals surface area contributed by atoms with Gasteiger partial charge in [-0.2, -0.15) is 13.2 Å². The largest absolute Gasteiger partial charge is 0.409 e. The second kappa shape index (κ2) is 5.51. The van der Waals surface area contributed by atoms with Crippen molar-refractivity contribution in [3.63, 3.8) is 0 Å². The van der Waals surface area contributed by atoms with E-state index in [0.29, 0.717) is 23.0 Å². The third kappa shape index (κ3) is 3.56. The smallest absolute Gasteiger partial charge is 0.405 e. The third-order valence-electron chi connectivity index (χ3n) is 2.99. The van der Waals surface area contributed by atoms with E-state index in [9.17, 15) is 13.2 Å². The zero-order valence-corrected chi connectivity index (χ0v) is 11.9. The number of anilines is 1. The number of alkyl halides is 3. The Labute approximate surface area is 122 Å². The van der Waals surface area contributed by atoms with Crippen LogP contribution in [0.4, 0.5) is 18.9 Å². The van der Waals surface area contributed by atoms with Crippen LogP contribution in [0.1, 0.15) is 18.4 Å². The number of benzene rings is 1. The topological polar surface area (TPSA) is 61.9 Å². The predicted molar refractivity (Wildman–Crippen MR) is 73.1 cm³/mol. The lowest BCUT2D eigenvalue weighted by Gasteiger charge is -2.28. The van der Waals surface area contributed by atoms with Gasteiger partial charge >= 0.3 is 6.18 Å². The summed E-state index contributed by atoms with van der Waals surface area (Å²) in [5.41, 5.74) is 6.14. The van der Waals surface area contributed by atoms with Gasteiger partial charge in [0.1, 0.15) is 6.54 Å². The first-order valence-corrected chi connectivity index (χ1v) is 6.72. The molecule has 110 valence electrons. The number of nitrogens with zero attached hydrogens (tertiary/aromatic N) is 2. The minimum absolute atomic E-state index is 0.156. The maximum Gasteiger partial charge on any atom is 0.405 e. The fraction of sp³-hybridized carbons (Fsp3) is 0.417. The summed E-state index contributed by atoms with van der Waals surface area (Å²) in [5, 5.41) is 11.6. The Kier molecular flexibility index (Phi) is 4.12. The molecule has 0 aromatic heterocycles. The Morgan fingerprint density at radius 1 is 1.45 bits per heavy atom. The highest BCUT2D eigenvalue weighted by Crippen LogP contribution is 2.37. The normalized spacial score (nSPS) is 16.3. The first-order chi connectivity index (χ1) is 9.31. The number of hydrogen-bond donors (Lipinski definition) is 2. The van der Waals surface area contributed by atoms with Crippen LogP contribution in [0.3, 0.4) is 0 Å². The van der Waals surface area contributed by atoms with Crippen LogP contribution in [0.2, 0.25) is 0 Å². The molecule has 1 saturated carbocycles. The van der Waals surface area contributed by atoms with Gasteiger partial charge in [0.05, 0.1) is 0 Å². The lowest BCUT2D eigenvalue weighted by Crippen LogP contribution is -2.37. The van der Waals surface area contributed by atoms with Crippen LogP contribution in [0, 0.1) is 0 Å². The van der Waals surface area contributed by atoms with Crippen LogP contribution in [0.15, 0.2) is 27.8 Å². The second-order valence-corrected chi connectivity index (χ2v) is 5.54. The average Bonchev–Trinajstić information content (AvgIpc) is 3.18. The molecule has 0 spiro atoms. The van der Waals surface area contributed by atoms with Crippen LogP contribution in [0.5, 0.6) is 0 Å². The van der Waals surface area contributed by atoms with Crippen molar-refractivity contribution < 1.29 is 18.4 Å². The monoisotopic (exact) mass is 351 g/mol. The summed E-state index contributed by atoms with van der Waals surface area (Å²) in [5.74, 6) is -0.208. The standard InChI is InChI=1S/C12H13BrF3N3O/c13-7-1-4-9(11(17)18-20)10(5-7)19(8-2-3-8)6-12(14,15)16/h1,4-5,8,20H,2-3,6H2,(H2,17,18). The molecule has 8 heteroatoms. The lowest BCUT2D eigenvalue weighted by molar-refractivity contribution is -0.120. The van der Waals surface area contributed by atoms with Crippen LogP contribution >= 0.6 is 15.9 Å². The zero-order valence-electron chi connectivity index (χ0n) is 10.4. The number of hydrogen-bond acceptors (Lipinski definition) is 3. The molecule has 1 aliphatic rings. The molecule has 0 heterocycles. The van der Waals surface area contributed by atoms with Gasteiger partial charge in [-0.25, -0.2) is 0 Å². The van der Waals surface area contributed by atoms with Crippen molar-refractivity contribution in [2.45, 2.75) is 25.1 Å². The van der Waals surface area contributed by atoms with Gasteiger partial charge in [0.2, 0.25) is 0 Å². The summed E-state index contributed by atoms with van der Waals surface area (Å²) in [7, 11) is 0. The van der Waals surface area contributed by atoms with Crippen LogP contribution < -0.4 is 10.6 Å². The highest BCUT2D eigenvalue weighted by Gasteiger charge is 2.39. The zero-order chi connectivity index (χ0) is 14.9. The molecule has 20 heavy (non-hydrogen) atoms. The summed E-state index contributed by atoms with van der Waals surface area (Å²) in [4.78, 5) is 1.26. The molecular weight excluding hydrogens is 339 g/mol. The van der Waals surface area contributed by atoms with Gasteiger partial charge in [-0.3, -0.25) is 0 Å². The molecule has 0 radical (unpaired) electrons. The third-order valence-corrected chi connectivity index (χ3v) is 3.48. The van der Waals surface area contributed by atoms with Crippen molar-refractivity contribution in [1.29, 1.82) is 0 Å². The number of halogens is 4. The summed E-state index contributed by atoms with van der Waals surface area (Å²) in [6.07, 6.45) is -2.90. The van der Waals surface area contributed by atoms with Crippen LogP contribution in [0.25, 0.3) is 0 Å². The lowest BCUT2D eigenvalue weighted by atomic mass is 10.1. The molecule has 1 aromatic rings. The maximum absolute atomic E-state index is 12.7. The number of oxime groups is 1. The van der Waals surface area contributed by atoms with Gasteiger partial charge in [-0.05, 0) is 31.0 Å². The Morgan fingerprint density at radius 3 is 2.60 bits per heavy atom. The van der Waals surface area contributed by atoms with Crippen molar-refractivity contribution >= 4 is 27.5 Å². The van der Waals surface area contributed by atoms with Crippen molar-refractivity contribution in [3.8, 4) is 0 Å². The maximum atomic E-state index is 12.7. The van der Waals surface area contributed by atoms with Crippen molar-refractivity contribution in [2.75, 3.05) is 11.4 Å². The van der Waals surface area contributed by atoms with E-state index in [1.165, 1.54) is 11.0 Å². The molecule has 2 rings (SSSR count). The first-order valence-electron chi connectivity index (χ1n) is 5.92. The molecule has 0 aliphatic heterocycles. The van der Waals surface area contributed by atoms with E-state index in [1.807, 2.05) is 0 Å². The average molecular weight is 352 g/mol. The molecular formula is C12H13BrF3N3O. The van der Waals surface area contributed by atoms with Gasteiger partial charge in [0.25, 0.3) is 0 Å². The highest BCUT2D eigenvalue weighted by atomic mass is 79.9. The summed E-state index contributed by atoms with van der Waals surface area (Å²) >= 11 is 3.23. The molecule has 0 unspecified atom stereocenters. The first kappa shape index (κ1) is 15.0. The summed E-state index contributed by atoms with van der Waals surface area (Å²) in [6, 6.07) is 4.56. The Bertz CT molecular complexity index is 529. The predicted octanol–water partition coefficient (Wildman–Crippen LogP) is 3.07. The molecule has 1 aromatic carbocycles. The van der Waals surface area contributed by atoms with E-state index in [1.54, 1.807) is 12.1 Å². The van der Waals surface area contributed by atoms with E-state index in [2.05, 4.69) is 21.1 Å². The molecule has 0 amide bonds. The highest BCUT2D eigenvalue weighted by molar-refractivity contribution is 9.10. The molecule has 0 atom stereocenters. The van der Waals surface area contributed by atoms with Gasteiger partial charge in [-0.15, -0.1) is 0 Å². The number of nitrogens with two attached hydrogens (primary N) is 1. The van der Waals surface area contributed by atoms with E-state index < -0.39 is 12.7 Å². The fourth-order valence-electron chi connectivity index (χ4n) is 2.00. The van der Waals surface area contributed by atoms with Crippen molar-refractivity contribution in [1.82, 2.24) is 0 Å². The fourth-order valence-corrected chi connectivity index (χ4v) is 2.35. The second-order valence-electron chi connectivity index (χ2n) is 4.62. The molecule has 1 aliphatic carbocycles. The Hall–Kier alpha value is -1.44. The minimum atomic E-state index is -4.31. The van der Waals surface area contributed by atoms with Gasteiger partial charge in [-0.1, -0.05) is 21.1 Å². The number of amidine groups is 1. The number of rotatable bonds is 4. The molecule has 0 saturated heterocycles. The van der Waals surface area contributed by atoms with E-state index in [-0.39, 0.29) is 17.4 Å². The molecule has 4 nitrogen and oxygen atoms in total.